The third-order valence-corrected chi connectivity index (χ3v) is 8.75. The Morgan fingerprint density at radius 1 is 1.02 bits per heavy atom. The summed E-state index contributed by atoms with van der Waals surface area (Å²) in [4.78, 5) is 29.4. The lowest BCUT2D eigenvalue weighted by atomic mass is 10.0. The number of piperazine rings is 1. The Morgan fingerprint density at radius 3 is 2.47 bits per heavy atom. The van der Waals surface area contributed by atoms with Gasteiger partial charge in [-0.15, -0.1) is 5.10 Å². The Morgan fingerprint density at radius 2 is 1.79 bits per heavy atom. The van der Waals surface area contributed by atoms with Crippen molar-refractivity contribution in [1.29, 1.82) is 5.26 Å². The molecule has 14 heteroatoms. The molecule has 2 aliphatic heterocycles. The lowest BCUT2D eigenvalue weighted by Gasteiger charge is -2.42. The van der Waals surface area contributed by atoms with Gasteiger partial charge in [-0.05, 0) is 86.2 Å². The van der Waals surface area contributed by atoms with Gasteiger partial charge >= 0.3 is 0 Å². The van der Waals surface area contributed by atoms with E-state index in [9.17, 15) is 10.1 Å². The van der Waals surface area contributed by atoms with Crippen LogP contribution in [-0.2, 0) is 6.54 Å². The Balaban J connectivity index is 1.11. The van der Waals surface area contributed by atoms with E-state index in [0.717, 1.165) is 37.3 Å². The summed E-state index contributed by atoms with van der Waals surface area (Å²) in [6.45, 7) is 7.79. The van der Waals surface area contributed by atoms with Gasteiger partial charge in [0.1, 0.15) is 30.0 Å². The molecule has 0 saturated carbocycles. The topological polar surface area (TPSA) is 150 Å². The third-order valence-electron chi connectivity index (χ3n) is 8.75. The molecule has 6 rings (SSSR count). The molecular formula is C33H39N11O3. The van der Waals surface area contributed by atoms with Crippen molar-refractivity contribution in [2.75, 3.05) is 58.7 Å². The SMILES string of the molecule is COc1ccc(C(=O)N2CCN(C3CCN(C)CC3)CC2)cc1Nc1ncc(-c2ccc(C#N)c(O[C@@H](C)Cn3cnnn3)c2)cn1. The summed E-state index contributed by atoms with van der Waals surface area (Å²) in [6, 6.07) is 13.5. The highest BCUT2D eigenvalue weighted by atomic mass is 16.5. The molecule has 0 aliphatic carbocycles. The number of carbonyl (C=O) groups excluding carboxylic acids is 1. The molecule has 0 radical (unpaired) electrons. The molecule has 2 aromatic heterocycles. The number of aromatic nitrogens is 6. The summed E-state index contributed by atoms with van der Waals surface area (Å²) in [5.41, 5.74) is 3.13. The van der Waals surface area contributed by atoms with Gasteiger partial charge < -0.3 is 24.6 Å². The van der Waals surface area contributed by atoms with Crippen molar-refractivity contribution in [3.63, 3.8) is 0 Å². The number of hydrogen-bond donors (Lipinski definition) is 1. The van der Waals surface area contributed by atoms with Crippen molar-refractivity contribution in [3.8, 4) is 28.7 Å². The quantitative estimate of drug-likeness (QED) is 0.272. The number of nitriles is 1. The molecule has 1 amide bonds. The zero-order valence-corrected chi connectivity index (χ0v) is 26.9. The van der Waals surface area contributed by atoms with E-state index in [-0.39, 0.29) is 12.0 Å². The second-order valence-electron chi connectivity index (χ2n) is 12.0. The maximum absolute atomic E-state index is 13.5. The van der Waals surface area contributed by atoms with Crippen LogP contribution in [0.2, 0.25) is 0 Å². The minimum absolute atomic E-state index is 0.00103. The number of ether oxygens (including phenoxy) is 2. The summed E-state index contributed by atoms with van der Waals surface area (Å²) in [5.74, 6) is 1.37. The molecule has 4 heterocycles. The lowest BCUT2D eigenvalue weighted by Crippen LogP contribution is -2.54. The first kappa shape index (κ1) is 31.8. The summed E-state index contributed by atoms with van der Waals surface area (Å²) in [5, 5.41) is 24.0. The molecular weight excluding hydrogens is 598 g/mol. The van der Waals surface area contributed by atoms with E-state index < -0.39 is 0 Å². The molecule has 47 heavy (non-hydrogen) atoms. The Labute approximate surface area is 273 Å². The van der Waals surface area contributed by atoms with E-state index in [1.165, 1.54) is 19.2 Å². The fraction of sp³-hybridized carbons (Fsp3) is 0.424. The van der Waals surface area contributed by atoms with E-state index in [1.807, 2.05) is 17.9 Å². The third kappa shape index (κ3) is 7.65. The minimum atomic E-state index is -0.282. The van der Waals surface area contributed by atoms with E-state index in [2.05, 4.69) is 53.7 Å². The zero-order chi connectivity index (χ0) is 32.8. The molecule has 2 aliphatic rings. The number of piperidine rings is 1. The van der Waals surface area contributed by atoms with Crippen molar-refractivity contribution in [2.45, 2.75) is 38.5 Å². The largest absolute Gasteiger partial charge is 0.495 e. The van der Waals surface area contributed by atoms with Crippen LogP contribution in [0.5, 0.6) is 11.5 Å². The van der Waals surface area contributed by atoms with E-state index >= 15 is 0 Å². The highest BCUT2D eigenvalue weighted by Crippen LogP contribution is 2.31. The highest BCUT2D eigenvalue weighted by molar-refractivity contribution is 5.96. The number of benzene rings is 2. The number of anilines is 2. The van der Waals surface area contributed by atoms with Crippen LogP contribution in [0.3, 0.4) is 0 Å². The minimum Gasteiger partial charge on any atom is -0.495 e. The van der Waals surface area contributed by atoms with Gasteiger partial charge in [0.15, 0.2) is 0 Å². The first-order valence-corrected chi connectivity index (χ1v) is 15.8. The molecule has 1 N–H and O–H groups in total. The number of nitrogens with zero attached hydrogens (tertiary/aromatic N) is 10. The van der Waals surface area contributed by atoms with Crippen LogP contribution in [0.1, 0.15) is 35.7 Å². The number of rotatable bonds is 10. The maximum Gasteiger partial charge on any atom is 0.254 e. The zero-order valence-electron chi connectivity index (χ0n) is 26.9. The Bertz CT molecular complexity index is 1690. The number of methoxy groups -OCH3 is 1. The van der Waals surface area contributed by atoms with Gasteiger partial charge in [-0.1, -0.05) is 6.07 Å². The van der Waals surface area contributed by atoms with Gasteiger partial charge in [0.2, 0.25) is 5.95 Å². The van der Waals surface area contributed by atoms with Crippen LogP contribution in [0.25, 0.3) is 11.1 Å². The molecule has 2 fully saturated rings. The predicted octanol–water partition coefficient (Wildman–Crippen LogP) is 3.07. The molecule has 2 saturated heterocycles. The molecule has 0 unspecified atom stereocenters. The van der Waals surface area contributed by atoms with E-state index in [4.69, 9.17) is 9.47 Å². The van der Waals surface area contributed by atoms with Crippen molar-refractivity contribution >= 4 is 17.5 Å². The number of carbonyl (C=O) groups is 1. The summed E-state index contributed by atoms with van der Waals surface area (Å²) in [7, 11) is 3.77. The van der Waals surface area contributed by atoms with Crippen LogP contribution in [0.15, 0.2) is 55.1 Å². The van der Waals surface area contributed by atoms with Crippen molar-refractivity contribution < 1.29 is 14.3 Å². The van der Waals surface area contributed by atoms with Crippen LogP contribution in [0.4, 0.5) is 11.6 Å². The van der Waals surface area contributed by atoms with Gasteiger partial charge in [-0.2, -0.15) is 5.26 Å². The molecule has 2 aromatic carbocycles. The van der Waals surface area contributed by atoms with Gasteiger partial charge in [0.05, 0.1) is 24.9 Å². The first-order chi connectivity index (χ1) is 22.9. The fourth-order valence-electron chi connectivity index (χ4n) is 6.11. The predicted molar refractivity (Wildman–Crippen MR) is 174 cm³/mol. The molecule has 244 valence electrons. The Hall–Kier alpha value is -5.13. The van der Waals surface area contributed by atoms with Crippen LogP contribution in [-0.4, -0.2) is 116 Å². The van der Waals surface area contributed by atoms with Crippen LogP contribution >= 0.6 is 0 Å². The average molecular weight is 638 g/mol. The van der Waals surface area contributed by atoms with Crippen molar-refractivity contribution in [1.82, 2.24) is 44.9 Å². The molecule has 14 nitrogen and oxygen atoms in total. The van der Waals surface area contributed by atoms with E-state index in [1.54, 1.807) is 54.5 Å². The molecule has 0 bridgehead atoms. The molecule has 1 atom stereocenters. The van der Waals surface area contributed by atoms with Crippen LogP contribution in [0, 0.1) is 11.3 Å². The lowest BCUT2D eigenvalue weighted by molar-refractivity contribution is 0.0475. The van der Waals surface area contributed by atoms with Crippen molar-refractivity contribution in [3.05, 3.63) is 66.2 Å². The van der Waals surface area contributed by atoms with E-state index in [0.29, 0.717) is 59.9 Å². The number of amides is 1. The molecule has 0 spiro atoms. The number of nitrogens with one attached hydrogen (secondary N) is 1. The fourth-order valence-corrected chi connectivity index (χ4v) is 6.11. The van der Waals surface area contributed by atoms with Gasteiger partial charge in [0, 0.05) is 55.7 Å². The summed E-state index contributed by atoms with van der Waals surface area (Å²) >= 11 is 0. The second-order valence-corrected chi connectivity index (χ2v) is 12.0. The number of hydrogen-bond acceptors (Lipinski definition) is 12. The summed E-state index contributed by atoms with van der Waals surface area (Å²) in [6.07, 6.45) is 6.99. The van der Waals surface area contributed by atoms with Crippen molar-refractivity contribution in [2.24, 2.45) is 0 Å². The maximum atomic E-state index is 13.5. The summed E-state index contributed by atoms with van der Waals surface area (Å²) < 4.78 is 13.2. The number of likely N-dealkylation sites (tertiary alicyclic amines) is 1. The number of tetrazole rings is 1. The average Bonchev–Trinajstić information content (AvgIpc) is 3.61. The normalized spacial score (nSPS) is 16.8. The van der Waals surface area contributed by atoms with Crippen LogP contribution < -0.4 is 14.8 Å². The first-order valence-electron chi connectivity index (χ1n) is 15.8. The van der Waals surface area contributed by atoms with Gasteiger partial charge in [-0.3, -0.25) is 9.69 Å². The van der Waals surface area contributed by atoms with Gasteiger partial charge in [-0.25, -0.2) is 14.6 Å². The van der Waals surface area contributed by atoms with Gasteiger partial charge in [0.25, 0.3) is 5.91 Å². The Kier molecular flexibility index (Phi) is 9.84. The highest BCUT2D eigenvalue weighted by Gasteiger charge is 2.29. The monoisotopic (exact) mass is 637 g/mol. The smallest absolute Gasteiger partial charge is 0.254 e. The second kappa shape index (κ2) is 14.5. The standard InChI is InChI=1S/C33H39N11O3/c1-23(21-44-22-37-39-40-44)47-31-17-24(4-5-26(31)18-34)27-19-35-33(36-20-27)38-29-16-25(6-7-30(29)46-3)32(45)43-14-12-42(13-15-43)28-8-10-41(2)11-9-28/h4-7,16-17,19-20,22-23,28H,8-15,21H2,1-3H3,(H,35,36,38)/t23-/m0/s1. The molecule has 4 aromatic rings.